The van der Waals surface area contributed by atoms with E-state index < -0.39 is 17.7 Å². The topological polar surface area (TPSA) is 88.5 Å². The lowest BCUT2D eigenvalue weighted by molar-refractivity contribution is -0.140. The molecule has 5 rings (SSSR count). The van der Waals surface area contributed by atoms with Crippen LogP contribution in [0.1, 0.15) is 48.9 Å². The maximum atomic E-state index is 13.6. The Morgan fingerprint density at radius 2 is 1.70 bits per heavy atom. The number of likely N-dealkylation sites (tertiary alicyclic amines) is 1. The Kier molecular flexibility index (Phi) is 10.1. The summed E-state index contributed by atoms with van der Waals surface area (Å²) in [6.07, 6.45) is 2.66. The highest BCUT2D eigenvalue weighted by atomic mass is 16.5. The van der Waals surface area contributed by atoms with Crippen molar-refractivity contribution in [3.05, 3.63) is 95.1 Å². The maximum Gasteiger partial charge on any atom is 0.295 e. The largest absolute Gasteiger partial charge is 0.507 e. The second-order valence-electron chi connectivity index (χ2n) is 11.0. The summed E-state index contributed by atoms with van der Waals surface area (Å²) in [6, 6.07) is 21.4. The number of carbonyl (C=O) groups is 2. The third-order valence-electron chi connectivity index (χ3n) is 7.87. The van der Waals surface area contributed by atoms with Crippen molar-refractivity contribution < 1.29 is 28.9 Å². The van der Waals surface area contributed by atoms with Gasteiger partial charge in [0.15, 0.2) is 0 Å². The van der Waals surface area contributed by atoms with Gasteiger partial charge in [-0.3, -0.25) is 14.5 Å². The summed E-state index contributed by atoms with van der Waals surface area (Å²) in [5.41, 5.74) is 2.08. The molecular weight excluding hydrogens is 544 g/mol. The van der Waals surface area contributed by atoms with Crippen molar-refractivity contribution in [2.45, 2.75) is 39.2 Å². The minimum atomic E-state index is -0.759. The second kappa shape index (κ2) is 14.4. The van der Waals surface area contributed by atoms with Gasteiger partial charge in [-0.2, -0.15) is 0 Å². The number of ether oxygens (including phenoxy) is 3. The number of amides is 1. The van der Waals surface area contributed by atoms with Crippen molar-refractivity contribution in [1.29, 1.82) is 0 Å². The molecule has 2 aliphatic heterocycles. The minimum Gasteiger partial charge on any atom is -0.507 e. The Hall–Kier alpha value is -4.14. The molecule has 0 bridgehead atoms. The molecule has 1 amide bonds. The zero-order valence-electron chi connectivity index (χ0n) is 25.0. The predicted octanol–water partition coefficient (Wildman–Crippen LogP) is 6.11. The number of benzene rings is 3. The van der Waals surface area contributed by atoms with E-state index in [-0.39, 0.29) is 11.3 Å². The number of ketones is 1. The highest BCUT2D eigenvalue weighted by Crippen LogP contribution is 2.41. The summed E-state index contributed by atoms with van der Waals surface area (Å²) in [4.78, 5) is 31.0. The van der Waals surface area contributed by atoms with Crippen LogP contribution in [0.5, 0.6) is 17.2 Å². The number of morpholine rings is 1. The Labute approximate surface area is 253 Å². The third kappa shape index (κ3) is 7.27. The molecule has 0 saturated carbocycles. The molecule has 0 radical (unpaired) electrons. The summed E-state index contributed by atoms with van der Waals surface area (Å²) in [5, 5.41) is 11.6. The fourth-order valence-electron chi connectivity index (χ4n) is 5.56. The molecule has 3 aromatic rings. The smallest absolute Gasteiger partial charge is 0.295 e. The van der Waals surface area contributed by atoms with E-state index >= 15 is 0 Å². The number of aryl methyl sites for hydroxylation is 1. The van der Waals surface area contributed by atoms with Crippen molar-refractivity contribution in [3.63, 3.8) is 0 Å². The number of rotatable bonds is 12. The first-order chi connectivity index (χ1) is 21.0. The monoisotopic (exact) mass is 584 g/mol. The molecule has 3 aromatic carbocycles. The average molecular weight is 585 g/mol. The minimum absolute atomic E-state index is 0.0762. The van der Waals surface area contributed by atoms with Crippen LogP contribution in [0.15, 0.2) is 78.4 Å². The van der Waals surface area contributed by atoms with Gasteiger partial charge >= 0.3 is 0 Å². The molecule has 2 saturated heterocycles. The first-order valence-corrected chi connectivity index (χ1v) is 15.1. The van der Waals surface area contributed by atoms with Gasteiger partial charge in [-0.05, 0) is 73.4 Å². The van der Waals surface area contributed by atoms with E-state index in [2.05, 4.69) is 11.8 Å². The van der Waals surface area contributed by atoms with Gasteiger partial charge in [0.1, 0.15) is 23.0 Å². The number of para-hydroxylation sites is 1. The first kappa shape index (κ1) is 30.3. The molecule has 8 heteroatoms. The molecule has 2 fully saturated rings. The van der Waals surface area contributed by atoms with Crippen molar-refractivity contribution in [2.75, 3.05) is 46.0 Å². The van der Waals surface area contributed by atoms with Crippen molar-refractivity contribution in [2.24, 2.45) is 0 Å². The molecule has 1 atom stereocenters. The second-order valence-corrected chi connectivity index (χ2v) is 11.0. The summed E-state index contributed by atoms with van der Waals surface area (Å²) < 4.78 is 17.4. The van der Waals surface area contributed by atoms with Gasteiger partial charge < -0.3 is 24.2 Å². The van der Waals surface area contributed by atoms with Crippen LogP contribution in [0.3, 0.4) is 0 Å². The van der Waals surface area contributed by atoms with Gasteiger partial charge in [0.2, 0.25) is 0 Å². The lowest BCUT2D eigenvalue weighted by atomic mass is 9.94. The van der Waals surface area contributed by atoms with Crippen LogP contribution in [0.25, 0.3) is 5.76 Å². The van der Waals surface area contributed by atoms with E-state index in [4.69, 9.17) is 14.2 Å². The number of hydrogen-bond donors (Lipinski definition) is 1. The van der Waals surface area contributed by atoms with E-state index in [1.54, 1.807) is 17.0 Å². The van der Waals surface area contributed by atoms with Crippen LogP contribution in [-0.2, 0) is 14.3 Å². The first-order valence-electron chi connectivity index (χ1n) is 15.1. The molecule has 0 aromatic heterocycles. The quantitative estimate of drug-likeness (QED) is 0.119. The number of carbonyl (C=O) groups excluding carboxylic acids is 2. The average Bonchev–Trinajstić information content (AvgIpc) is 3.28. The van der Waals surface area contributed by atoms with E-state index in [1.165, 1.54) is 0 Å². The summed E-state index contributed by atoms with van der Waals surface area (Å²) in [5.74, 6) is 0.485. The zero-order chi connectivity index (χ0) is 30.2. The van der Waals surface area contributed by atoms with Crippen LogP contribution >= 0.6 is 0 Å². The Morgan fingerprint density at radius 1 is 0.930 bits per heavy atom. The molecule has 1 N–H and O–H groups in total. The standard InChI is InChI=1S/C35H40N2O6/c1-3-4-20-42-30-15-14-27(23-25(30)2)33(38)31-32(26-10-8-13-29(24-26)43-28-11-6-5-7-12-28)37(35(40)34(31)39)17-9-16-36-18-21-41-22-19-36/h5-8,10-15,23-24,32,38H,3-4,9,16-22H2,1-2H3/b33-31+. The number of nitrogens with zero attached hydrogens (tertiary/aromatic N) is 2. The number of Topliss-reactive ketones (excluding diaryl/α,β-unsaturated/α-hetero) is 1. The molecular formula is C35H40N2O6. The molecule has 8 nitrogen and oxygen atoms in total. The predicted molar refractivity (Wildman–Crippen MR) is 165 cm³/mol. The normalized spacial score (nSPS) is 18.7. The maximum absolute atomic E-state index is 13.6. The SMILES string of the molecule is CCCCOc1ccc(/C(O)=C2\C(=O)C(=O)N(CCCN3CCOCC3)C2c2cccc(Oc3ccccc3)c2)cc1C. The Balaban J connectivity index is 1.48. The summed E-state index contributed by atoms with van der Waals surface area (Å²) >= 11 is 0. The highest BCUT2D eigenvalue weighted by molar-refractivity contribution is 6.46. The van der Waals surface area contributed by atoms with E-state index in [0.717, 1.165) is 43.8 Å². The molecule has 2 aliphatic rings. The lowest BCUT2D eigenvalue weighted by Gasteiger charge is -2.29. The fraction of sp³-hybridized carbons (Fsp3) is 0.371. The van der Waals surface area contributed by atoms with E-state index in [0.29, 0.717) is 55.4 Å². The Bertz CT molecular complexity index is 1450. The molecule has 2 heterocycles. The summed E-state index contributed by atoms with van der Waals surface area (Å²) in [6.45, 7) is 8.86. The van der Waals surface area contributed by atoms with Crippen molar-refractivity contribution >= 4 is 17.4 Å². The third-order valence-corrected chi connectivity index (χ3v) is 7.87. The van der Waals surface area contributed by atoms with Gasteiger partial charge in [0, 0.05) is 31.7 Å². The van der Waals surface area contributed by atoms with Crippen LogP contribution in [0.2, 0.25) is 0 Å². The molecule has 1 unspecified atom stereocenters. The number of hydrogen-bond acceptors (Lipinski definition) is 7. The molecule has 0 spiro atoms. The van der Waals surface area contributed by atoms with Crippen molar-refractivity contribution in [3.8, 4) is 17.2 Å². The van der Waals surface area contributed by atoms with Crippen LogP contribution in [-0.4, -0.2) is 72.6 Å². The summed E-state index contributed by atoms with van der Waals surface area (Å²) in [7, 11) is 0. The lowest BCUT2D eigenvalue weighted by Crippen LogP contribution is -2.38. The molecule has 43 heavy (non-hydrogen) atoms. The van der Waals surface area contributed by atoms with Gasteiger partial charge in [0.25, 0.3) is 11.7 Å². The molecule has 226 valence electrons. The van der Waals surface area contributed by atoms with Crippen molar-refractivity contribution in [1.82, 2.24) is 9.80 Å². The van der Waals surface area contributed by atoms with Gasteiger partial charge in [-0.1, -0.05) is 43.7 Å². The van der Waals surface area contributed by atoms with Gasteiger partial charge in [-0.15, -0.1) is 0 Å². The van der Waals surface area contributed by atoms with Gasteiger partial charge in [-0.25, -0.2) is 0 Å². The Morgan fingerprint density at radius 3 is 2.44 bits per heavy atom. The fourth-order valence-corrected chi connectivity index (χ4v) is 5.56. The highest BCUT2D eigenvalue weighted by Gasteiger charge is 2.46. The van der Waals surface area contributed by atoms with Crippen LogP contribution in [0.4, 0.5) is 0 Å². The van der Waals surface area contributed by atoms with Gasteiger partial charge in [0.05, 0.1) is 31.4 Å². The number of aliphatic hydroxyl groups is 1. The van der Waals surface area contributed by atoms with Crippen LogP contribution < -0.4 is 9.47 Å². The van der Waals surface area contributed by atoms with Crippen LogP contribution in [0, 0.1) is 6.92 Å². The van der Waals surface area contributed by atoms with E-state index in [9.17, 15) is 14.7 Å². The number of aliphatic hydroxyl groups excluding tert-OH is 1. The zero-order valence-corrected chi connectivity index (χ0v) is 25.0. The van der Waals surface area contributed by atoms with E-state index in [1.807, 2.05) is 67.6 Å². The number of unbranched alkanes of at least 4 members (excludes halogenated alkanes) is 1. The molecule has 0 aliphatic carbocycles.